The van der Waals surface area contributed by atoms with Crippen LogP contribution in [0.1, 0.15) is 31.1 Å². The summed E-state index contributed by atoms with van der Waals surface area (Å²) in [5, 5.41) is 0.712. The first-order valence-electron chi connectivity index (χ1n) is 5.08. The Morgan fingerprint density at radius 1 is 1.40 bits per heavy atom. The lowest BCUT2D eigenvalue weighted by molar-refractivity contribution is 0.601. The van der Waals surface area contributed by atoms with E-state index < -0.39 is 0 Å². The number of H-pyrrole nitrogens is 1. The second-order valence-electron chi connectivity index (χ2n) is 4.10. The topological polar surface area (TPSA) is 50.7 Å². The summed E-state index contributed by atoms with van der Waals surface area (Å²) in [6, 6.07) is 0.315. The van der Waals surface area contributed by atoms with Gasteiger partial charge < -0.3 is 9.55 Å². The van der Waals surface area contributed by atoms with Crippen LogP contribution in [0.2, 0.25) is 0 Å². The summed E-state index contributed by atoms with van der Waals surface area (Å²) in [6.07, 6.45) is 1.46. The first-order chi connectivity index (χ1) is 7.04. The molecule has 0 aliphatic heterocycles. The smallest absolute Gasteiger partial charge is 0.260 e. The van der Waals surface area contributed by atoms with Gasteiger partial charge in [-0.05, 0) is 33.3 Å². The van der Waals surface area contributed by atoms with Crippen LogP contribution in [0.3, 0.4) is 0 Å². The molecule has 1 N–H and O–H groups in total. The van der Waals surface area contributed by atoms with Gasteiger partial charge in [0, 0.05) is 11.7 Å². The highest BCUT2D eigenvalue weighted by Crippen LogP contribution is 2.23. The summed E-state index contributed by atoms with van der Waals surface area (Å²) < 4.78 is 2.10. The molecular weight excluding hydrogens is 190 g/mol. The van der Waals surface area contributed by atoms with E-state index in [0.717, 1.165) is 16.9 Å². The van der Waals surface area contributed by atoms with Crippen molar-refractivity contribution in [2.75, 3.05) is 0 Å². The van der Waals surface area contributed by atoms with Crippen LogP contribution in [0.5, 0.6) is 0 Å². The number of aromatic nitrogens is 3. The average molecular weight is 205 g/mol. The molecular formula is C11H15N3O. The number of aromatic amines is 1. The van der Waals surface area contributed by atoms with Gasteiger partial charge >= 0.3 is 0 Å². The molecule has 2 rings (SSSR count). The van der Waals surface area contributed by atoms with E-state index in [2.05, 4.69) is 28.4 Å². The van der Waals surface area contributed by atoms with E-state index >= 15 is 0 Å². The van der Waals surface area contributed by atoms with Crippen molar-refractivity contribution in [3.05, 3.63) is 27.9 Å². The molecule has 0 saturated heterocycles. The lowest BCUT2D eigenvalue weighted by atomic mass is 10.2. The number of hydrogen-bond acceptors (Lipinski definition) is 2. The fourth-order valence-electron chi connectivity index (χ4n) is 2.06. The largest absolute Gasteiger partial charge is 0.327 e. The molecule has 0 amide bonds. The summed E-state index contributed by atoms with van der Waals surface area (Å²) in [5.74, 6) is 0. The van der Waals surface area contributed by atoms with Crippen molar-refractivity contribution >= 4 is 11.0 Å². The zero-order chi connectivity index (χ0) is 11.2. The van der Waals surface area contributed by atoms with Gasteiger partial charge in [-0.15, -0.1) is 0 Å². The highest BCUT2D eigenvalue weighted by Gasteiger charge is 2.15. The quantitative estimate of drug-likeness (QED) is 0.773. The van der Waals surface area contributed by atoms with Crippen molar-refractivity contribution in [3.63, 3.8) is 0 Å². The number of rotatable bonds is 1. The Balaban J connectivity index is 3.00. The number of nitrogens with one attached hydrogen (secondary N) is 1. The molecule has 15 heavy (non-hydrogen) atoms. The lowest BCUT2D eigenvalue weighted by Crippen LogP contribution is -2.08. The maximum Gasteiger partial charge on any atom is 0.260 e. The van der Waals surface area contributed by atoms with Gasteiger partial charge in [0.25, 0.3) is 5.56 Å². The Hall–Kier alpha value is -1.58. The molecule has 4 heteroatoms. The molecule has 0 aliphatic rings. The Morgan fingerprint density at radius 3 is 2.67 bits per heavy atom. The van der Waals surface area contributed by atoms with E-state index in [-0.39, 0.29) is 5.56 Å². The van der Waals surface area contributed by atoms with Crippen molar-refractivity contribution in [3.8, 4) is 0 Å². The molecule has 2 heterocycles. The van der Waals surface area contributed by atoms with Crippen LogP contribution >= 0.6 is 0 Å². The molecule has 0 unspecified atom stereocenters. The standard InChI is InChI=1S/C11H15N3O/c1-6(2)14-8(4)7(3)9-10(14)12-5-13-11(9)15/h5-6H,1-4H3,(H,12,13,15). The molecule has 0 saturated carbocycles. The molecule has 0 radical (unpaired) electrons. The Bertz CT molecular complexity index is 563. The maximum atomic E-state index is 11.7. The van der Waals surface area contributed by atoms with Crippen LogP contribution in [0.4, 0.5) is 0 Å². The molecule has 2 aromatic heterocycles. The minimum atomic E-state index is -0.0556. The number of fused-ring (bicyclic) bond motifs is 1. The van der Waals surface area contributed by atoms with E-state index in [0.29, 0.717) is 11.4 Å². The summed E-state index contributed by atoms with van der Waals surface area (Å²) in [7, 11) is 0. The van der Waals surface area contributed by atoms with E-state index in [1.807, 2.05) is 13.8 Å². The molecule has 0 spiro atoms. The van der Waals surface area contributed by atoms with Crippen molar-refractivity contribution in [2.45, 2.75) is 33.7 Å². The average Bonchev–Trinajstić information content (AvgIpc) is 2.41. The number of nitrogens with zero attached hydrogens (tertiary/aromatic N) is 2. The fraction of sp³-hybridized carbons (Fsp3) is 0.455. The van der Waals surface area contributed by atoms with Gasteiger partial charge in [-0.2, -0.15) is 0 Å². The predicted molar refractivity (Wildman–Crippen MR) is 60.2 cm³/mol. The minimum absolute atomic E-state index is 0.0556. The second kappa shape index (κ2) is 3.22. The van der Waals surface area contributed by atoms with Crippen molar-refractivity contribution in [1.29, 1.82) is 0 Å². The first-order valence-corrected chi connectivity index (χ1v) is 5.08. The third kappa shape index (κ3) is 1.28. The summed E-state index contributed by atoms with van der Waals surface area (Å²) in [5.41, 5.74) is 2.86. The van der Waals surface area contributed by atoms with Gasteiger partial charge in [0.05, 0.1) is 11.7 Å². The number of aryl methyl sites for hydroxylation is 1. The molecule has 0 aromatic carbocycles. The summed E-state index contributed by atoms with van der Waals surface area (Å²) in [6.45, 7) is 8.17. The van der Waals surface area contributed by atoms with Gasteiger partial charge in [0.1, 0.15) is 5.65 Å². The fourth-order valence-corrected chi connectivity index (χ4v) is 2.06. The van der Waals surface area contributed by atoms with E-state index in [9.17, 15) is 4.79 Å². The summed E-state index contributed by atoms with van der Waals surface area (Å²) in [4.78, 5) is 18.5. The van der Waals surface area contributed by atoms with E-state index in [1.54, 1.807) is 0 Å². The second-order valence-corrected chi connectivity index (χ2v) is 4.10. The molecule has 0 aliphatic carbocycles. The van der Waals surface area contributed by atoms with Gasteiger partial charge in [-0.25, -0.2) is 4.98 Å². The van der Waals surface area contributed by atoms with Crippen molar-refractivity contribution in [2.24, 2.45) is 0 Å². The van der Waals surface area contributed by atoms with Gasteiger partial charge in [-0.1, -0.05) is 0 Å². The van der Waals surface area contributed by atoms with E-state index in [4.69, 9.17) is 0 Å². The Kier molecular flexibility index (Phi) is 2.14. The molecule has 4 nitrogen and oxygen atoms in total. The van der Waals surface area contributed by atoms with Gasteiger partial charge in [0.15, 0.2) is 0 Å². The lowest BCUT2D eigenvalue weighted by Gasteiger charge is -2.11. The zero-order valence-electron chi connectivity index (χ0n) is 9.46. The molecule has 2 aromatic rings. The minimum Gasteiger partial charge on any atom is -0.327 e. The van der Waals surface area contributed by atoms with Crippen LogP contribution in [0.25, 0.3) is 11.0 Å². The number of hydrogen-bond donors (Lipinski definition) is 1. The molecule has 0 atom stereocenters. The van der Waals surface area contributed by atoms with Crippen molar-refractivity contribution in [1.82, 2.24) is 14.5 Å². The monoisotopic (exact) mass is 205 g/mol. The Labute approximate surface area is 88.0 Å². The van der Waals surface area contributed by atoms with Crippen LogP contribution < -0.4 is 5.56 Å². The van der Waals surface area contributed by atoms with E-state index in [1.165, 1.54) is 6.33 Å². The van der Waals surface area contributed by atoms with Crippen molar-refractivity contribution < 1.29 is 0 Å². The normalized spacial score (nSPS) is 11.5. The highest BCUT2D eigenvalue weighted by molar-refractivity contribution is 5.80. The van der Waals surface area contributed by atoms with Gasteiger partial charge in [0.2, 0.25) is 0 Å². The van der Waals surface area contributed by atoms with Crippen LogP contribution in [0, 0.1) is 13.8 Å². The summed E-state index contributed by atoms with van der Waals surface area (Å²) >= 11 is 0. The molecule has 80 valence electrons. The third-order valence-corrected chi connectivity index (χ3v) is 2.86. The predicted octanol–water partition coefficient (Wildman–Crippen LogP) is 1.92. The van der Waals surface area contributed by atoms with Gasteiger partial charge in [-0.3, -0.25) is 4.79 Å². The molecule has 0 bridgehead atoms. The van der Waals surface area contributed by atoms with Crippen LogP contribution in [-0.2, 0) is 0 Å². The molecule has 0 fully saturated rings. The zero-order valence-corrected chi connectivity index (χ0v) is 9.46. The SMILES string of the molecule is Cc1c(C)n(C(C)C)c2nc[nH]c(=O)c12. The maximum absolute atomic E-state index is 11.7. The third-order valence-electron chi connectivity index (χ3n) is 2.86. The van der Waals surface area contributed by atoms with Crippen LogP contribution in [-0.4, -0.2) is 14.5 Å². The Morgan fingerprint density at radius 2 is 2.07 bits per heavy atom. The highest BCUT2D eigenvalue weighted by atomic mass is 16.1. The van der Waals surface area contributed by atoms with Crippen LogP contribution in [0.15, 0.2) is 11.1 Å². The first kappa shape index (κ1) is 9.96.